The summed E-state index contributed by atoms with van der Waals surface area (Å²) in [6.45, 7) is 1.90. The molecule has 0 spiro atoms. The Hall–Kier alpha value is -1.17. The average molecular weight is 302 g/mol. The monoisotopic (exact) mass is 301 g/mol. The van der Waals surface area contributed by atoms with E-state index in [1.807, 2.05) is 0 Å². The summed E-state index contributed by atoms with van der Waals surface area (Å²) in [5.41, 5.74) is 0.895. The van der Waals surface area contributed by atoms with Crippen molar-refractivity contribution in [1.82, 2.24) is 14.8 Å². The second-order valence-corrected chi connectivity index (χ2v) is 4.97. The Morgan fingerprint density at radius 2 is 2.17 bits per heavy atom. The quantitative estimate of drug-likeness (QED) is 0.868. The zero-order valence-corrected chi connectivity index (χ0v) is 11.7. The lowest BCUT2D eigenvalue weighted by molar-refractivity contribution is 0.678. The van der Waals surface area contributed by atoms with Crippen LogP contribution in [0.3, 0.4) is 0 Å². The summed E-state index contributed by atoms with van der Waals surface area (Å²) in [4.78, 5) is 11.9. The van der Waals surface area contributed by atoms with Gasteiger partial charge in [-0.25, -0.2) is 0 Å². The molecule has 4 nitrogen and oxygen atoms in total. The second kappa shape index (κ2) is 5.22. The highest BCUT2D eigenvalue weighted by Gasteiger charge is 2.07. The van der Waals surface area contributed by atoms with Crippen LogP contribution in [0, 0.1) is 11.7 Å². The number of nitrogens with zero attached hydrogens (tertiary/aromatic N) is 2. The van der Waals surface area contributed by atoms with Gasteiger partial charge in [-0.2, -0.15) is 5.10 Å². The van der Waals surface area contributed by atoms with Gasteiger partial charge in [-0.15, -0.1) is 0 Å². The van der Waals surface area contributed by atoms with Crippen molar-refractivity contribution in [2.45, 2.75) is 13.5 Å². The number of nitrogens with one attached hydrogen (secondary N) is 1. The Morgan fingerprint density at radius 3 is 2.83 bits per heavy atom. The van der Waals surface area contributed by atoms with Gasteiger partial charge < -0.3 is 0 Å². The van der Waals surface area contributed by atoms with Crippen LogP contribution in [0.15, 0.2) is 23.0 Å². The Balaban J connectivity index is 2.50. The van der Waals surface area contributed by atoms with E-state index in [-0.39, 0.29) is 16.9 Å². The fourth-order valence-corrected chi connectivity index (χ4v) is 2.15. The topological polar surface area (TPSA) is 50.7 Å². The minimum absolute atomic E-state index is 0.232. The summed E-state index contributed by atoms with van der Waals surface area (Å²) in [5, 5.41) is 7.47. The van der Waals surface area contributed by atoms with Gasteiger partial charge in [0.05, 0.1) is 6.54 Å². The number of halogens is 2. The van der Waals surface area contributed by atoms with E-state index >= 15 is 0 Å². The molecule has 1 aromatic heterocycles. The van der Waals surface area contributed by atoms with E-state index in [9.17, 15) is 4.79 Å². The molecule has 0 aliphatic heterocycles. The molecule has 2 rings (SSSR count). The summed E-state index contributed by atoms with van der Waals surface area (Å²) in [5.74, 6) is 0. The predicted octanol–water partition coefficient (Wildman–Crippen LogP) is 2.96. The van der Waals surface area contributed by atoms with Crippen LogP contribution in [0.25, 0.3) is 0 Å². The smallest absolute Gasteiger partial charge is 0.276 e. The number of aromatic nitrogens is 3. The maximum Gasteiger partial charge on any atom is 0.276 e. The highest BCUT2D eigenvalue weighted by atomic mass is 35.5. The van der Waals surface area contributed by atoms with Crippen molar-refractivity contribution in [2.24, 2.45) is 0 Å². The number of hydrogen-bond acceptors (Lipinski definition) is 3. The molecule has 0 atom stereocenters. The highest BCUT2D eigenvalue weighted by molar-refractivity contribution is 7.71. The summed E-state index contributed by atoms with van der Waals surface area (Å²) >= 11 is 16.9. The molecule has 0 aliphatic rings. The number of aryl methyl sites for hydroxylation is 1. The zero-order valence-electron chi connectivity index (χ0n) is 9.41. The molecule has 0 unspecified atom stereocenters. The highest BCUT2D eigenvalue weighted by Crippen LogP contribution is 2.21. The number of hydrogen-bond donors (Lipinski definition) is 1. The van der Waals surface area contributed by atoms with Crippen molar-refractivity contribution < 1.29 is 0 Å². The second-order valence-electron chi connectivity index (χ2n) is 3.74. The van der Waals surface area contributed by atoms with Crippen LogP contribution in [-0.2, 0) is 6.54 Å². The Kier molecular flexibility index (Phi) is 3.85. The molecule has 0 amide bonds. The van der Waals surface area contributed by atoms with Gasteiger partial charge in [0.15, 0.2) is 4.77 Å². The number of rotatable bonds is 2. The fourth-order valence-electron chi connectivity index (χ4n) is 1.49. The van der Waals surface area contributed by atoms with Gasteiger partial charge in [0.25, 0.3) is 5.56 Å². The minimum atomic E-state index is -0.232. The van der Waals surface area contributed by atoms with E-state index in [1.54, 1.807) is 25.1 Å². The van der Waals surface area contributed by atoms with Gasteiger partial charge in [0.2, 0.25) is 0 Å². The maximum absolute atomic E-state index is 11.9. The molecule has 18 heavy (non-hydrogen) atoms. The Bertz CT molecular complexity index is 708. The average Bonchev–Trinajstić information content (AvgIpc) is 2.32. The van der Waals surface area contributed by atoms with Gasteiger partial charge >= 0.3 is 0 Å². The number of aromatic amines is 1. The lowest BCUT2D eigenvalue weighted by Gasteiger charge is -2.08. The van der Waals surface area contributed by atoms with Crippen molar-refractivity contribution in [1.29, 1.82) is 0 Å². The first kappa shape index (κ1) is 13.3. The SMILES string of the molecule is Cc1n[nH]c(=S)n(Cc2ccc(Cl)cc2Cl)c1=O. The van der Waals surface area contributed by atoms with Gasteiger partial charge in [-0.1, -0.05) is 29.3 Å². The Labute approximate surface area is 118 Å². The summed E-state index contributed by atoms with van der Waals surface area (Å²) in [6.07, 6.45) is 0. The van der Waals surface area contributed by atoms with E-state index in [0.29, 0.717) is 15.7 Å². The Morgan fingerprint density at radius 1 is 1.44 bits per heavy atom. The van der Waals surface area contributed by atoms with Crippen molar-refractivity contribution in [3.8, 4) is 0 Å². The standard InChI is InChI=1S/C11H9Cl2N3OS/c1-6-10(17)16(11(18)15-14-6)5-7-2-3-8(12)4-9(7)13/h2-4H,5H2,1H3,(H,15,18). The van der Waals surface area contributed by atoms with Crippen molar-refractivity contribution in [3.63, 3.8) is 0 Å². The molecule has 7 heteroatoms. The van der Waals surface area contributed by atoms with Crippen LogP contribution in [0.2, 0.25) is 10.0 Å². The van der Waals surface area contributed by atoms with Crippen molar-refractivity contribution in [2.75, 3.05) is 0 Å². The molecule has 0 saturated heterocycles. The van der Waals surface area contributed by atoms with E-state index in [2.05, 4.69) is 10.2 Å². The van der Waals surface area contributed by atoms with E-state index < -0.39 is 0 Å². The first-order chi connectivity index (χ1) is 8.49. The molecular formula is C11H9Cl2N3OS. The lowest BCUT2D eigenvalue weighted by atomic mass is 10.2. The van der Waals surface area contributed by atoms with Crippen LogP contribution in [-0.4, -0.2) is 14.8 Å². The third-order valence-electron chi connectivity index (χ3n) is 2.46. The van der Waals surface area contributed by atoms with Crippen molar-refractivity contribution in [3.05, 3.63) is 54.6 Å². The third-order valence-corrected chi connectivity index (χ3v) is 3.36. The molecule has 0 aliphatic carbocycles. The number of benzene rings is 1. The van der Waals surface area contributed by atoms with Gasteiger partial charge in [-0.3, -0.25) is 14.5 Å². The van der Waals surface area contributed by atoms with E-state index in [0.717, 1.165) is 5.56 Å². The summed E-state index contributed by atoms with van der Waals surface area (Å²) < 4.78 is 1.67. The van der Waals surface area contributed by atoms with Crippen LogP contribution in [0.1, 0.15) is 11.3 Å². The molecule has 0 fully saturated rings. The van der Waals surface area contributed by atoms with Crippen LogP contribution in [0.5, 0.6) is 0 Å². The van der Waals surface area contributed by atoms with Gasteiger partial charge in [-0.05, 0) is 36.8 Å². The predicted molar refractivity (Wildman–Crippen MR) is 74.0 cm³/mol. The molecular weight excluding hydrogens is 293 g/mol. The molecule has 1 N–H and O–H groups in total. The first-order valence-corrected chi connectivity index (χ1v) is 6.25. The van der Waals surface area contributed by atoms with E-state index in [4.69, 9.17) is 35.4 Å². The van der Waals surface area contributed by atoms with Crippen LogP contribution >= 0.6 is 35.4 Å². The number of H-pyrrole nitrogens is 1. The summed E-state index contributed by atoms with van der Waals surface area (Å²) in [7, 11) is 0. The molecule has 0 saturated carbocycles. The van der Waals surface area contributed by atoms with Gasteiger partial charge in [0, 0.05) is 10.0 Å². The van der Waals surface area contributed by atoms with Crippen LogP contribution in [0.4, 0.5) is 0 Å². The first-order valence-electron chi connectivity index (χ1n) is 5.09. The molecule has 0 radical (unpaired) electrons. The van der Waals surface area contributed by atoms with E-state index in [1.165, 1.54) is 4.57 Å². The summed E-state index contributed by atoms with van der Waals surface area (Å²) in [6, 6.07) is 5.11. The van der Waals surface area contributed by atoms with Crippen molar-refractivity contribution >= 4 is 35.4 Å². The minimum Gasteiger partial charge on any atom is -0.278 e. The maximum atomic E-state index is 11.9. The lowest BCUT2D eigenvalue weighted by Crippen LogP contribution is -2.26. The zero-order chi connectivity index (χ0) is 13.3. The molecule has 0 bridgehead atoms. The molecule has 2 aromatic rings. The van der Waals surface area contributed by atoms with Gasteiger partial charge in [0.1, 0.15) is 5.69 Å². The normalized spacial score (nSPS) is 10.6. The molecule has 1 aromatic carbocycles. The van der Waals surface area contributed by atoms with Crippen LogP contribution < -0.4 is 5.56 Å². The fraction of sp³-hybridized carbons (Fsp3) is 0.182. The third kappa shape index (κ3) is 2.63. The molecule has 94 valence electrons. The largest absolute Gasteiger partial charge is 0.278 e. The molecule has 1 heterocycles.